The van der Waals surface area contributed by atoms with Crippen LogP contribution in [0.4, 0.5) is 0 Å². The minimum atomic E-state index is 0.884. The Balaban J connectivity index is 1.60. The molecule has 0 aromatic carbocycles. The fourth-order valence-electron chi connectivity index (χ4n) is 4.26. The summed E-state index contributed by atoms with van der Waals surface area (Å²) in [5.74, 6) is 0. The summed E-state index contributed by atoms with van der Waals surface area (Å²) in [7, 11) is 2.10. The Kier molecular flexibility index (Phi) is 3.99. The first kappa shape index (κ1) is 17.7. The lowest BCUT2D eigenvalue weighted by Gasteiger charge is -2.19. The Morgan fingerprint density at radius 1 is 0.677 bits per heavy atom. The van der Waals surface area contributed by atoms with Crippen LogP contribution < -0.4 is 21.4 Å². The van der Waals surface area contributed by atoms with Crippen LogP contribution in [0, 0.1) is 0 Å². The van der Waals surface area contributed by atoms with Crippen molar-refractivity contribution in [2.75, 3.05) is 13.6 Å². The molecule has 4 aromatic rings. The van der Waals surface area contributed by atoms with E-state index in [2.05, 4.69) is 117 Å². The van der Waals surface area contributed by atoms with Gasteiger partial charge in [0.1, 0.15) is 0 Å². The third-order valence-corrected chi connectivity index (χ3v) is 5.70. The summed E-state index contributed by atoms with van der Waals surface area (Å²) in [6, 6.07) is 14.9. The van der Waals surface area contributed by atoms with Gasteiger partial charge in [0.2, 0.25) is 0 Å². The number of H-pyrrole nitrogens is 4. The van der Waals surface area contributed by atoms with Gasteiger partial charge < -0.3 is 24.8 Å². The summed E-state index contributed by atoms with van der Waals surface area (Å²) in [6.07, 6.45) is 15.0. The molecule has 6 rings (SSSR count). The van der Waals surface area contributed by atoms with Crippen LogP contribution in [-0.4, -0.2) is 38.4 Å². The topological polar surface area (TPSA) is 66.4 Å². The molecule has 6 heterocycles. The molecule has 0 saturated heterocycles. The molecule has 0 aliphatic carbocycles. The SMILES string of the molecule is CN1C=CC=C(c2cc3[nH]c2C=c2ccc([nH]2)=Cc2ccc([nH]2)C=c2ccc([nH]2)=C3)C1. The monoisotopic (exact) mass is 405 g/mol. The number of likely N-dealkylation sites (N-methyl/N-ethyl adjacent to an activating group) is 1. The number of fused-ring (bicyclic) bond motifs is 8. The molecule has 5 nitrogen and oxygen atoms in total. The van der Waals surface area contributed by atoms with E-state index >= 15 is 0 Å². The largest absolute Gasteiger partial charge is 0.376 e. The van der Waals surface area contributed by atoms with E-state index in [1.165, 1.54) is 11.1 Å². The van der Waals surface area contributed by atoms with E-state index in [9.17, 15) is 0 Å². The molecule has 4 aromatic heterocycles. The zero-order chi connectivity index (χ0) is 20.8. The molecule has 31 heavy (non-hydrogen) atoms. The van der Waals surface area contributed by atoms with Gasteiger partial charge >= 0.3 is 0 Å². The van der Waals surface area contributed by atoms with Crippen molar-refractivity contribution in [2.24, 2.45) is 0 Å². The lowest BCUT2D eigenvalue weighted by molar-refractivity contribution is 0.512. The summed E-state index contributed by atoms with van der Waals surface area (Å²) < 4.78 is 0. The zero-order valence-electron chi connectivity index (χ0n) is 17.2. The van der Waals surface area contributed by atoms with Crippen LogP contribution in [0.15, 0.2) is 60.8 Å². The molecule has 0 spiro atoms. The smallest absolute Gasteiger partial charge is 0.0482 e. The van der Waals surface area contributed by atoms with Crippen LogP contribution in [-0.2, 0) is 0 Å². The Morgan fingerprint density at radius 3 is 1.94 bits per heavy atom. The van der Waals surface area contributed by atoms with Crippen molar-refractivity contribution in [3.63, 3.8) is 0 Å². The van der Waals surface area contributed by atoms with E-state index in [1.54, 1.807) is 0 Å². The second kappa shape index (κ2) is 6.99. The van der Waals surface area contributed by atoms with E-state index in [4.69, 9.17) is 0 Å². The highest BCUT2D eigenvalue weighted by Gasteiger charge is 2.13. The van der Waals surface area contributed by atoms with Crippen molar-refractivity contribution in [1.82, 2.24) is 24.8 Å². The fraction of sp³-hybridized carbons (Fsp3) is 0.0769. The molecule has 0 atom stereocenters. The van der Waals surface area contributed by atoms with Gasteiger partial charge in [0.15, 0.2) is 0 Å². The van der Waals surface area contributed by atoms with Gasteiger partial charge in [-0.25, -0.2) is 0 Å². The quantitative estimate of drug-likeness (QED) is 0.335. The number of allylic oxidation sites excluding steroid dienone is 2. The van der Waals surface area contributed by atoms with E-state index in [1.807, 2.05) is 0 Å². The zero-order valence-corrected chi connectivity index (χ0v) is 17.2. The number of rotatable bonds is 1. The minimum Gasteiger partial charge on any atom is -0.376 e. The minimum absolute atomic E-state index is 0.884. The van der Waals surface area contributed by atoms with E-state index < -0.39 is 0 Å². The average molecular weight is 406 g/mol. The summed E-state index contributed by atoms with van der Waals surface area (Å²) in [6.45, 7) is 0.884. The van der Waals surface area contributed by atoms with Crippen molar-refractivity contribution in [1.29, 1.82) is 0 Å². The maximum atomic E-state index is 3.61. The van der Waals surface area contributed by atoms with Gasteiger partial charge in [0.05, 0.1) is 0 Å². The molecule has 8 bridgehead atoms. The Hall–Kier alpha value is -4.12. The molecule has 0 fully saturated rings. The first-order valence-electron chi connectivity index (χ1n) is 10.4. The van der Waals surface area contributed by atoms with E-state index in [0.29, 0.717) is 0 Å². The first-order valence-corrected chi connectivity index (χ1v) is 10.4. The highest BCUT2D eigenvalue weighted by Crippen LogP contribution is 2.24. The van der Waals surface area contributed by atoms with Gasteiger partial charge in [-0.05, 0) is 84.6 Å². The predicted octanol–water partition coefficient (Wildman–Crippen LogP) is 1.47. The normalized spacial score (nSPS) is 14.9. The van der Waals surface area contributed by atoms with Crippen LogP contribution in [0.5, 0.6) is 0 Å². The molecule has 0 radical (unpaired) electrons. The number of nitrogens with zero attached hydrogens (tertiary/aromatic N) is 1. The second-order valence-electron chi connectivity index (χ2n) is 8.18. The molecule has 2 aliphatic heterocycles. The summed E-state index contributed by atoms with van der Waals surface area (Å²) >= 11 is 0. The highest BCUT2D eigenvalue weighted by molar-refractivity contribution is 5.77. The second-order valence-corrected chi connectivity index (χ2v) is 8.18. The van der Waals surface area contributed by atoms with Crippen LogP contribution in [0.2, 0.25) is 0 Å². The summed E-state index contributed by atoms with van der Waals surface area (Å²) in [5, 5.41) is 4.25. The molecule has 4 N–H and O–H groups in total. The number of hydrogen-bond donors (Lipinski definition) is 4. The van der Waals surface area contributed by atoms with Crippen molar-refractivity contribution in [2.45, 2.75) is 0 Å². The van der Waals surface area contributed by atoms with E-state index in [0.717, 1.165) is 50.7 Å². The standard InChI is InChI=1S/C26H23N5/c1-31-10-2-3-17(16-31)25-14-24-13-22-7-6-20(28-22)11-18-4-5-19(27-18)12-21-8-9-23(29-21)15-26(25)30-24/h2-15,27-30H,16H2,1H3. The van der Waals surface area contributed by atoms with Gasteiger partial charge in [-0.15, -0.1) is 0 Å². The Bertz CT molecular complexity index is 1580. The van der Waals surface area contributed by atoms with Crippen LogP contribution in [0.3, 0.4) is 0 Å². The lowest BCUT2D eigenvalue weighted by atomic mass is 10.0. The fourth-order valence-corrected chi connectivity index (χ4v) is 4.26. The molecule has 152 valence electrons. The number of aromatic nitrogens is 4. The number of hydrogen-bond acceptors (Lipinski definition) is 1. The average Bonchev–Trinajstić information content (AvgIpc) is 3.53. The van der Waals surface area contributed by atoms with Crippen LogP contribution >= 0.6 is 0 Å². The molecular weight excluding hydrogens is 382 g/mol. The summed E-state index contributed by atoms with van der Waals surface area (Å²) in [4.78, 5) is 16.3. The highest BCUT2D eigenvalue weighted by atomic mass is 15.1. The Morgan fingerprint density at radius 2 is 1.29 bits per heavy atom. The van der Waals surface area contributed by atoms with Gasteiger partial charge in [-0.3, -0.25) is 0 Å². The van der Waals surface area contributed by atoms with Crippen molar-refractivity contribution in [3.05, 3.63) is 111 Å². The number of aromatic amines is 4. The third-order valence-electron chi connectivity index (χ3n) is 5.70. The third kappa shape index (κ3) is 3.51. The van der Waals surface area contributed by atoms with E-state index in [-0.39, 0.29) is 0 Å². The molecular formula is C26H23N5. The molecule has 0 unspecified atom stereocenters. The van der Waals surface area contributed by atoms with Crippen LogP contribution in [0.1, 0.15) is 28.3 Å². The molecule has 5 heteroatoms. The first-order chi connectivity index (χ1) is 15.2. The summed E-state index contributed by atoms with van der Waals surface area (Å²) in [5.41, 5.74) is 6.81. The molecule has 0 amide bonds. The van der Waals surface area contributed by atoms with Gasteiger partial charge in [-0.2, -0.15) is 0 Å². The number of nitrogens with one attached hydrogen (secondary N) is 4. The van der Waals surface area contributed by atoms with Crippen molar-refractivity contribution < 1.29 is 0 Å². The molecule has 0 saturated carbocycles. The van der Waals surface area contributed by atoms with Gasteiger partial charge in [0.25, 0.3) is 0 Å². The maximum absolute atomic E-state index is 3.61. The van der Waals surface area contributed by atoms with Gasteiger partial charge in [0, 0.05) is 63.3 Å². The lowest BCUT2D eigenvalue weighted by Crippen LogP contribution is -2.16. The Labute approximate surface area is 179 Å². The van der Waals surface area contributed by atoms with Crippen molar-refractivity contribution >= 4 is 29.9 Å². The van der Waals surface area contributed by atoms with Gasteiger partial charge in [-0.1, -0.05) is 6.08 Å². The molecule has 2 aliphatic rings. The maximum Gasteiger partial charge on any atom is 0.0482 e. The predicted molar refractivity (Wildman–Crippen MR) is 126 cm³/mol. The van der Waals surface area contributed by atoms with Crippen LogP contribution in [0.25, 0.3) is 29.9 Å². The van der Waals surface area contributed by atoms with Crippen molar-refractivity contribution in [3.8, 4) is 0 Å².